The highest BCUT2D eigenvalue weighted by molar-refractivity contribution is 8.14. The van der Waals surface area contributed by atoms with E-state index < -0.39 is 10.9 Å². The van der Waals surface area contributed by atoms with Gasteiger partial charge in [0, 0.05) is 13.1 Å². The molecule has 2 aromatic carbocycles. The zero-order chi connectivity index (χ0) is 37.3. The first kappa shape index (κ1) is 41.8. The number of hydrogen-bond donors (Lipinski definition) is 0. The van der Waals surface area contributed by atoms with Gasteiger partial charge in [0.25, 0.3) is 0 Å². The summed E-state index contributed by atoms with van der Waals surface area (Å²) >= 11 is 22.1. The SMILES string of the molecule is CCCCCCCCCCCCCCCCCCC1CN2C(=S)N(Cc3ccc(CN=C=S)cc3)S3=C2N(C1)C(=S)N3Cc1ccc(CN=C=S)cc1. The zero-order valence-electron chi connectivity index (χ0n) is 31.7. The molecule has 0 aromatic heterocycles. The molecule has 3 aliphatic rings. The normalized spacial score (nSPS) is 17.7. The minimum atomic E-state index is -0.398. The summed E-state index contributed by atoms with van der Waals surface area (Å²) in [5.41, 5.74) is 4.67. The minimum Gasteiger partial charge on any atom is -0.296 e. The molecular weight excluding hydrogens is 749 g/mol. The topological polar surface area (TPSA) is 37.7 Å². The first-order chi connectivity index (χ1) is 26.0. The molecule has 0 unspecified atom stereocenters. The number of aliphatic imine (C=N–C) groups is 2. The molecule has 0 aliphatic carbocycles. The second-order valence-corrected chi connectivity index (χ2v) is 17.7. The van der Waals surface area contributed by atoms with Gasteiger partial charge in [-0.25, -0.2) is 9.98 Å². The van der Waals surface area contributed by atoms with Gasteiger partial charge in [0.05, 0.1) is 47.4 Å². The highest BCUT2D eigenvalue weighted by atomic mass is 32.2. The second-order valence-electron chi connectivity index (χ2n) is 14.8. The maximum absolute atomic E-state index is 6.29. The van der Waals surface area contributed by atoms with Gasteiger partial charge in [-0.3, -0.25) is 18.4 Å². The lowest BCUT2D eigenvalue weighted by Crippen LogP contribution is -2.56. The molecule has 0 atom stereocenters. The summed E-state index contributed by atoms with van der Waals surface area (Å²) < 4.78 is 4.81. The summed E-state index contributed by atoms with van der Waals surface area (Å²) in [4.78, 5) is 13.0. The first-order valence-corrected chi connectivity index (χ1v) is 22.8. The number of isothiocyanates is 2. The van der Waals surface area contributed by atoms with Crippen LogP contribution in [0.15, 0.2) is 58.5 Å². The molecular formula is C42H58N6S5. The number of hydrogen-bond acceptors (Lipinski definition) is 6. The summed E-state index contributed by atoms with van der Waals surface area (Å²) in [6, 6.07) is 17.2. The predicted molar refractivity (Wildman–Crippen MR) is 240 cm³/mol. The lowest BCUT2D eigenvalue weighted by molar-refractivity contribution is 0.281. The van der Waals surface area contributed by atoms with Crippen LogP contribution in [0.25, 0.3) is 0 Å². The minimum absolute atomic E-state index is 0.398. The van der Waals surface area contributed by atoms with Crippen molar-refractivity contribution < 1.29 is 0 Å². The highest BCUT2D eigenvalue weighted by Gasteiger charge is 2.50. The Balaban J connectivity index is 1.13. The van der Waals surface area contributed by atoms with Crippen molar-refractivity contribution in [2.45, 2.75) is 142 Å². The van der Waals surface area contributed by atoms with Crippen molar-refractivity contribution in [1.29, 1.82) is 0 Å². The van der Waals surface area contributed by atoms with Crippen molar-refractivity contribution in [3.63, 3.8) is 0 Å². The van der Waals surface area contributed by atoms with Gasteiger partial charge in [-0.2, -0.15) is 0 Å². The number of benzene rings is 2. The van der Waals surface area contributed by atoms with Gasteiger partial charge < -0.3 is 0 Å². The maximum atomic E-state index is 6.29. The molecule has 0 spiro atoms. The first-order valence-electron chi connectivity index (χ1n) is 20.1. The molecule has 0 saturated carbocycles. The predicted octanol–water partition coefficient (Wildman–Crippen LogP) is 11.9. The third kappa shape index (κ3) is 12.3. The molecule has 3 heterocycles. The number of nitrogens with zero attached hydrogens (tertiary/aromatic N) is 6. The van der Waals surface area contributed by atoms with Crippen LogP contribution in [0.5, 0.6) is 0 Å². The molecule has 11 heteroatoms. The Hall–Kier alpha value is -2.36. The third-order valence-corrected chi connectivity index (χ3v) is 14.2. The second kappa shape index (κ2) is 22.9. The van der Waals surface area contributed by atoms with Crippen LogP contribution in [0.3, 0.4) is 0 Å². The Morgan fingerprint density at radius 1 is 0.566 bits per heavy atom. The Morgan fingerprint density at radius 2 is 0.925 bits per heavy atom. The fourth-order valence-electron chi connectivity index (χ4n) is 7.63. The molecule has 53 heavy (non-hydrogen) atoms. The molecule has 6 nitrogen and oxygen atoms in total. The van der Waals surface area contributed by atoms with E-state index in [0.717, 1.165) is 47.5 Å². The Kier molecular flexibility index (Phi) is 18.0. The van der Waals surface area contributed by atoms with E-state index in [4.69, 9.17) is 48.9 Å². The highest BCUT2D eigenvalue weighted by Crippen LogP contribution is 2.46. The molecule has 286 valence electrons. The quantitative estimate of drug-likeness (QED) is 0.0558. The van der Waals surface area contributed by atoms with Crippen molar-refractivity contribution in [2.75, 3.05) is 13.1 Å². The molecule has 0 bridgehead atoms. The standard InChI is InChI=1S/C42H58N6S5/c1-2-3-4-5-6-7-8-9-10-11-12-13-14-15-16-17-18-39-29-45-40(51)47(31-37-23-19-35(20-24-37)27-43-33-49)53-42(45)46(30-39)41(52)48(53)32-38-25-21-36(22-26-38)28-44-34-50/h19-26,39H,2-18,27-32H2,1H3. The van der Waals surface area contributed by atoms with E-state index in [0.29, 0.717) is 19.0 Å². The van der Waals surface area contributed by atoms with E-state index in [2.05, 4.69) is 94.2 Å². The van der Waals surface area contributed by atoms with Crippen LogP contribution in [0.1, 0.15) is 138 Å². The fourth-order valence-corrected chi connectivity index (χ4v) is 11.1. The number of rotatable bonds is 25. The third-order valence-electron chi connectivity index (χ3n) is 10.6. The largest absolute Gasteiger partial charge is 0.296 e. The summed E-state index contributed by atoms with van der Waals surface area (Å²) in [7, 11) is -0.398. The molecule has 0 amide bonds. The van der Waals surface area contributed by atoms with E-state index in [-0.39, 0.29) is 0 Å². The van der Waals surface area contributed by atoms with Crippen molar-refractivity contribution in [1.82, 2.24) is 18.4 Å². The smallest absolute Gasteiger partial charge is 0.189 e. The fraction of sp³-hybridized carbons (Fsp3) is 0.595. The zero-order valence-corrected chi connectivity index (χ0v) is 35.8. The van der Waals surface area contributed by atoms with Crippen LogP contribution in [-0.4, -0.2) is 57.2 Å². The molecule has 0 N–H and O–H groups in total. The monoisotopic (exact) mass is 806 g/mol. The van der Waals surface area contributed by atoms with E-state index in [1.54, 1.807) is 0 Å². The average molecular weight is 807 g/mol. The van der Waals surface area contributed by atoms with Gasteiger partial charge in [-0.1, -0.05) is 158 Å². The summed E-state index contributed by atoms with van der Waals surface area (Å²) in [5.74, 6) is 0.536. The summed E-state index contributed by atoms with van der Waals surface area (Å²) in [6.07, 6.45) is 23.6. The van der Waals surface area contributed by atoms with Gasteiger partial charge in [-0.15, -0.1) is 0 Å². The Morgan fingerprint density at radius 3 is 1.30 bits per heavy atom. The molecule has 3 aliphatic heterocycles. The van der Waals surface area contributed by atoms with Crippen molar-refractivity contribution in [3.05, 3.63) is 70.8 Å². The average Bonchev–Trinajstić information content (AvgIpc) is 3.61. The lowest BCUT2D eigenvalue weighted by atomic mass is 9.97. The van der Waals surface area contributed by atoms with E-state index >= 15 is 0 Å². The van der Waals surface area contributed by atoms with E-state index in [1.807, 2.05) is 0 Å². The van der Waals surface area contributed by atoms with Crippen LogP contribution >= 0.6 is 59.7 Å². The molecule has 0 radical (unpaired) electrons. The van der Waals surface area contributed by atoms with Crippen LogP contribution < -0.4 is 0 Å². The van der Waals surface area contributed by atoms with Gasteiger partial charge in [0.2, 0.25) is 0 Å². The van der Waals surface area contributed by atoms with Crippen LogP contribution in [0.4, 0.5) is 0 Å². The molecule has 1 saturated heterocycles. The lowest BCUT2D eigenvalue weighted by Gasteiger charge is -2.40. The van der Waals surface area contributed by atoms with Crippen LogP contribution in [0, 0.1) is 5.92 Å². The van der Waals surface area contributed by atoms with Crippen LogP contribution in [-0.2, 0) is 26.2 Å². The Bertz CT molecular complexity index is 1510. The van der Waals surface area contributed by atoms with Gasteiger partial charge in [0.1, 0.15) is 0 Å². The molecule has 1 fully saturated rings. The van der Waals surface area contributed by atoms with Gasteiger partial charge in [-0.05, 0) is 83.5 Å². The Labute approximate surface area is 343 Å². The number of thiocarbonyl (C=S) groups is 4. The van der Waals surface area contributed by atoms with Crippen LogP contribution in [0.2, 0.25) is 0 Å². The maximum Gasteiger partial charge on any atom is 0.189 e. The van der Waals surface area contributed by atoms with Crippen molar-refractivity contribution in [3.8, 4) is 0 Å². The molecule has 5 rings (SSSR count). The van der Waals surface area contributed by atoms with Gasteiger partial charge in [0.15, 0.2) is 15.3 Å². The summed E-state index contributed by atoms with van der Waals surface area (Å²) in [6.45, 7) is 6.80. The van der Waals surface area contributed by atoms with Crippen molar-refractivity contribution in [2.24, 2.45) is 15.9 Å². The van der Waals surface area contributed by atoms with E-state index in [1.165, 1.54) is 125 Å². The molecule has 2 aromatic rings. The van der Waals surface area contributed by atoms with E-state index in [9.17, 15) is 0 Å². The summed E-state index contributed by atoms with van der Waals surface area (Å²) in [5, 5.41) is 8.03. The van der Waals surface area contributed by atoms with Gasteiger partial charge >= 0.3 is 0 Å². The van der Waals surface area contributed by atoms with Crippen molar-refractivity contribution >= 4 is 85.4 Å². The number of unbranched alkanes of at least 4 members (excludes halogenated alkanes) is 15.